The molecule has 0 unspecified atom stereocenters. The van der Waals surface area contributed by atoms with Crippen LogP contribution in [0.25, 0.3) is 11.0 Å². The minimum Gasteiger partial charge on any atom is -0.464 e. The van der Waals surface area contributed by atoms with Gasteiger partial charge in [0, 0.05) is 5.39 Å². The lowest BCUT2D eigenvalue weighted by Gasteiger charge is -1.97. The molecule has 1 aromatic heterocycles. The molecule has 2 rings (SSSR count). The van der Waals surface area contributed by atoms with Gasteiger partial charge in [0.2, 0.25) is 0 Å². The number of rotatable bonds is 3. The third kappa shape index (κ3) is 5.00. The molecule has 0 aliphatic rings. The summed E-state index contributed by atoms with van der Waals surface area (Å²) in [7, 11) is 1.50. The summed E-state index contributed by atoms with van der Waals surface area (Å²) < 4.78 is 17.1. The van der Waals surface area contributed by atoms with Gasteiger partial charge in [-0.1, -0.05) is 19.9 Å². The highest BCUT2D eigenvalue weighted by molar-refractivity contribution is 5.77. The van der Waals surface area contributed by atoms with Gasteiger partial charge in [-0.3, -0.25) is 4.39 Å². The molecular formula is C14H22FNO. The van der Waals surface area contributed by atoms with E-state index in [1.165, 1.54) is 12.6 Å². The predicted molar refractivity (Wildman–Crippen MR) is 72.0 cm³/mol. The van der Waals surface area contributed by atoms with Crippen molar-refractivity contribution in [2.75, 3.05) is 13.7 Å². The van der Waals surface area contributed by atoms with E-state index in [1.807, 2.05) is 32.0 Å². The fourth-order valence-electron chi connectivity index (χ4n) is 1.44. The minimum atomic E-state index is -0.247. The minimum absolute atomic E-state index is 0.247. The second-order valence-electron chi connectivity index (χ2n) is 3.09. The summed E-state index contributed by atoms with van der Waals surface area (Å²) in [5.74, 6) is 0. The molecule has 96 valence electrons. The predicted octanol–water partition coefficient (Wildman–Crippen LogP) is 3.94. The van der Waals surface area contributed by atoms with Crippen molar-refractivity contribution in [1.29, 1.82) is 0 Å². The number of halogens is 1. The first kappa shape index (κ1) is 15.7. The van der Waals surface area contributed by atoms with Crippen molar-refractivity contribution in [3.8, 4) is 0 Å². The number of nitrogens with two attached hydrogens (primary N) is 1. The Labute approximate surface area is 103 Å². The average molecular weight is 239 g/mol. The SMILES string of the molecule is CC.CN.FCCCc1ccc2occc2c1. The van der Waals surface area contributed by atoms with E-state index in [2.05, 4.69) is 11.8 Å². The summed E-state index contributed by atoms with van der Waals surface area (Å²) in [6, 6.07) is 7.90. The summed E-state index contributed by atoms with van der Waals surface area (Å²) in [4.78, 5) is 0. The molecular weight excluding hydrogens is 217 g/mol. The highest BCUT2D eigenvalue weighted by Crippen LogP contribution is 2.17. The molecule has 0 fully saturated rings. The van der Waals surface area contributed by atoms with E-state index >= 15 is 0 Å². The number of furan rings is 1. The molecule has 0 aliphatic carbocycles. The first-order valence-electron chi connectivity index (χ1n) is 6.00. The largest absolute Gasteiger partial charge is 0.464 e. The molecule has 0 atom stereocenters. The molecule has 0 saturated heterocycles. The maximum atomic E-state index is 11.9. The van der Waals surface area contributed by atoms with Gasteiger partial charge in [-0.2, -0.15) is 0 Å². The van der Waals surface area contributed by atoms with E-state index in [0.717, 1.165) is 17.4 Å². The second kappa shape index (κ2) is 9.85. The lowest BCUT2D eigenvalue weighted by Crippen LogP contribution is -1.85. The van der Waals surface area contributed by atoms with Crippen molar-refractivity contribution >= 4 is 11.0 Å². The zero-order valence-electron chi connectivity index (χ0n) is 10.9. The van der Waals surface area contributed by atoms with E-state index in [0.29, 0.717) is 6.42 Å². The Balaban J connectivity index is 0.000000581. The van der Waals surface area contributed by atoms with Gasteiger partial charge in [0.15, 0.2) is 0 Å². The summed E-state index contributed by atoms with van der Waals surface area (Å²) in [5, 5.41) is 1.09. The third-order valence-corrected chi connectivity index (χ3v) is 2.12. The van der Waals surface area contributed by atoms with Gasteiger partial charge >= 0.3 is 0 Å². The molecule has 3 heteroatoms. The Morgan fingerprint density at radius 1 is 1.18 bits per heavy atom. The maximum Gasteiger partial charge on any atom is 0.133 e. The van der Waals surface area contributed by atoms with Crippen molar-refractivity contribution in [3.05, 3.63) is 36.1 Å². The van der Waals surface area contributed by atoms with Crippen molar-refractivity contribution in [2.45, 2.75) is 26.7 Å². The monoisotopic (exact) mass is 239 g/mol. The maximum absolute atomic E-state index is 11.9. The molecule has 0 radical (unpaired) electrons. The van der Waals surface area contributed by atoms with E-state index in [-0.39, 0.29) is 6.67 Å². The summed E-state index contributed by atoms with van der Waals surface area (Å²) >= 11 is 0. The van der Waals surface area contributed by atoms with Gasteiger partial charge in [0.25, 0.3) is 0 Å². The zero-order valence-corrected chi connectivity index (χ0v) is 10.9. The van der Waals surface area contributed by atoms with Gasteiger partial charge in [0.05, 0.1) is 12.9 Å². The zero-order chi connectivity index (χ0) is 13.1. The van der Waals surface area contributed by atoms with Crippen LogP contribution in [0.3, 0.4) is 0 Å². The molecule has 1 aromatic carbocycles. The van der Waals surface area contributed by atoms with Crippen LogP contribution in [0.1, 0.15) is 25.8 Å². The molecule has 0 saturated carbocycles. The Morgan fingerprint density at radius 2 is 1.88 bits per heavy atom. The quantitative estimate of drug-likeness (QED) is 0.881. The molecule has 0 aliphatic heterocycles. The number of hydrogen-bond donors (Lipinski definition) is 1. The van der Waals surface area contributed by atoms with Crippen LogP contribution >= 0.6 is 0 Å². The van der Waals surface area contributed by atoms with E-state index < -0.39 is 0 Å². The van der Waals surface area contributed by atoms with Crippen LogP contribution in [-0.2, 0) is 6.42 Å². The van der Waals surface area contributed by atoms with Crippen molar-refractivity contribution in [2.24, 2.45) is 5.73 Å². The molecule has 0 bridgehead atoms. The van der Waals surface area contributed by atoms with E-state index in [1.54, 1.807) is 6.26 Å². The molecule has 17 heavy (non-hydrogen) atoms. The Bertz CT molecular complexity index is 398. The lowest BCUT2D eigenvalue weighted by molar-refractivity contribution is 0.473. The first-order valence-corrected chi connectivity index (χ1v) is 6.00. The highest BCUT2D eigenvalue weighted by Gasteiger charge is 1.98. The molecule has 2 aromatic rings. The van der Waals surface area contributed by atoms with Crippen molar-refractivity contribution < 1.29 is 8.81 Å². The van der Waals surface area contributed by atoms with Crippen LogP contribution < -0.4 is 5.73 Å². The standard InChI is InChI=1S/C11H11FO.C2H6.CH5N/c12-6-1-2-9-3-4-11-10(8-9)5-7-13-11;2*1-2/h3-5,7-8H,1-2,6H2;1-2H3;2H2,1H3. The fourth-order valence-corrected chi connectivity index (χ4v) is 1.44. The van der Waals surface area contributed by atoms with Gasteiger partial charge in [-0.25, -0.2) is 0 Å². The highest BCUT2D eigenvalue weighted by atomic mass is 19.1. The van der Waals surface area contributed by atoms with Crippen LogP contribution in [0.5, 0.6) is 0 Å². The van der Waals surface area contributed by atoms with Crippen LogP contribution in [-0.4, -0.2) is 13.7 Å². The Morgan fingerprint density at radius 3 is 2.53 bits per heavy atom. The normalized spacial score (nSPS) is 9.00. The van der Waals surface area contributed by atoms with Crippen LogP contribution in [0.2, 0.25) is 0 Å². The number of fused-ring (bicyclic) bond motifs is 1. The molecule has 0 spiro atoms. The third-order valence-electron chi connectivity index (χ3n) is 2.12. The lowest BCUT2D eigenvalue weighted by atomic mass is 10.1. The molecule has 2 N–H and O–H groups in total. The van der Waals surface area contributed by atoms with Gasteiger partial charge < -0.3 is 10.2 Å². The Kier molecular flexibility index (Phi) is 9.06. The summed E-state index contributed by atoms with van der Waals surface area (Å²) in [5.41, 5.74) is 6.57. The van der Waals surface area contributed by atoms with Crippen LogP contribution in [0.4, 0.5) is 4.39 Å². The van der Waals surface area contributed by atoms with Crippen LogP contribution in [0, 0.1) is 0 Å². The van der Waals surface area contributed by atoms with E-state index in [4.69, 9.17) is 4.42 Å². The number of benzene rings is 1. The first-order chi connectivity index (χ1) is 8.40. The van der Waals surface area contributed by atoms with Crippen molar-refractivity contribution in [3.63, 3.8) is 0 Å². The number of hydrogen-bond acceptors (Lipinski definition) is 2. The van der Waals surface area contributed by atoms with Gasteiger partial charge in [-0.05, 0) is 43.7 Å². The smallest absolute Gasteiger partial charge is 0.133 e. The van der Waals surface area contributed by atoms with E-state index in [9.17, 15) is 4.39 Å². The molecule has 1 heterocycles. The van der Waals surface area contributed by atoms with Crippen molar-refractivity contribution in [1.82, 2.24) is 0 Å². The van der Waals surface area contributed by atoms with Gasteiger partial charge in [0.1, 0.15) is 5.58 Å². The second-order valence-corrected chi connectivity index (χ2v) is 3.09. The summed E-state index contributed by atoms with van der Waals surface area (Å²) in [6.45, 7) is 3.75. The summed E-state index contributed by atoms with van der Waals surface area (Å²) in [6.07, 6.45) is 3.07. The average Bonchev–Trinajstić information content (AvgIpc) is 2.88. The topological polar surface area (TPSA) is 39.2 Å². The molecule has 0 amide bonds. The molecule has 2 nitrogen and oxygen atoms in total. The number of aryl methyl sites for hydroxylation is 1. The number of alkyl halides is 1. The van der Waals surface area contributed by atoms with Crippen LogP contribution in [0.15, 0.2) is 34.9 Å². The fraction of sp³-hybridized carbons (Fsp3) is 0.429. The van der Waals surface area contributed by atoms with Gasteiger partial charge in [-0.15, -0.1) is 0 Å². The Hall–Kier alpha value is -1.35.